The minimum absolute atomic E-state index is 0.282. The van der Waals surface area contributed by atoms with Crippen LogP contribution < -0.4 is 5.32 Å². The fourth-order valence-electron chi connectivity index (χ4n) is 0.879. The molecule has 0 aliphatic heterocycles. The highest BCUT2D eigenvalue weighted by atomic mass is 16.3. The molecule has 0 aromatic carbocycles. The van der Waals surface area contributed by atoms with Crippen molar-refractivity contribution in [3.8, 4) is 0 Å². The van der Waals surface area contributed by atoms with E-state index >= 15 is 0 Å². The van der Waals surface area contributed by atoms with Crippen LogP contribution in [0.4, 0.5) is 0 Å². The molecular weight excluding hydrogens is 156 g/mol. The van der Waals surface area contributed by atoms with E-state index < -0.39 is 6.23 Å². The summed E-state index contributed by atoms with van der Waals surface area (Å²) in [5, 5.41) is 11.9. The van der Waals surface area contributed by atoms with Crippen LogP contribution in [0.2, 0.25) is 0 Å². The number of hydrogen-bond donors (Lipinski definition) is 2. The minimum atomic E-state index is -0.592. The Hall–Kier alpha value is -0.610. The van der Waals surface area contributed by atoms with Gasteiger partial charge in [0, 0.05) is 6.04 Å². The van der Waals surface area contributed by atoms with Gasteiger partial charge in [-0.1, -0.05) is 6.92 Å². The van der Waals surface area contributed by atoms with Crippen molar-refractivity contribution in [3.05, 3.63) is 0 Å². The maximum Gasteiger partial charge on any atom is 0.207 e. The number of aliphatic hydroxyl groups is 1. The summed E-state index contributed by atoms with van der Waals surface area (Å²) >= 11 is 0. The number of amides is 1. The topological polar surface area (TPSA) is 52.6 Å². The molecule has 2 atom stereocenters. The van der Waals surface area contributed by atoms with Gasteiger partial charge in [-0.05, 0) is 20.4 Å². The van der Waals surface area contributed by atoms with E-state index in [-0.39, 0.29) is 6.54 Å². The Kier molecular flexibility index (Phi) is 5.66. The highest BCUT2D eigenvalue weighted by Crippen LogP contribution is 2.02. The van der Waals surface area contributed by atoms with E-state index in [0.29, 0.717) is 12.5 Å². The van der Waals surface area contributed by atoms with Crippen LogP contribution in [0.1, 0.15) is 20.3 Å². The van der Waals surface area contributed by atoms with Crippen molar-refractivity contribution in [3.63, 3.8) is 0 Å². The van der Waals surface area contributed by atoms with Crippen LogP contribution >= 0.6 is 0 Å². The molecule has 0 rings (SSSR count). The molecule has 0 radical (unpaired) electrons. The van der Waals surface area contributed by atoms with Gasteiger partial charge in [0.2, 0.25) is 6.41 Å². The molecule has 0 fully saturated rings. The lowest BCUT2D eigenvalue weighted by Crippen LogP contribution is -2.43. The second-order valence-electron chi connectivity index (χ2n) is 2.93. The predicted molar refractivity (Wildman–Crippen MR) is 47.6 cm³/mol. The first-order chi connectivity index (χ1) is 5.63. The minimum Gasteiger partial charge on any atom is -0.377 e. The quantitative estimate of drug-likeness (QED) is 0.432. The van der Waals surface area contributed by atoms with Crippen LogP contribution in [-0.2, 0) is 4.79 Å². The van der Waals surface area contributed by atoms with Crippen LogP contribution in [0, 0.1) is 0 Å². The molecule has 0 heterocycles. The summed E-state index contributed by atoms with van der Waals surface area (Å²) < 4.78 is 0. The van der Waals surface area contributed by atoms with Gasteiger partial charge in [-0.15, -0.1) is 0 Å². The van der Waals surface area contributed by atoms with Crippen molar-refractivity contribution in [2.24, 2.45) is 0 Å². The fraction of sp³-hybridized carbons (Fsp3) is 0.875. The van der Waals surface area contributed by atoms with Crippen molar-refractivity contribution in [1.82, 2.24) is 10.2 Å². The molecule has 0 aromatic rings. The summed E-state index contributed by atoms with van der Waals surface area (Å²) in [6, 6.07) is 0.327. The van der Waals surface area contributed by atoms with E-state index in [1.165, 1.54) is 0 Å². The Morgan fingerprint density at radius 3 is 2.67 bits per heavy atom. The van der Waals surface area contributed by atoms with Gasteiger partial charge in [-0.25, -0.2) is 0 Å². The smallest absolute Gasteiger partial charge is 0.207 e. The number of rotatable bonds is 6. The van der Waals surface area contributed by atoms with E-state index in [1.807, 2.05) is 18.9 Å². The lowest BCUT2D eigenvalue weighted by molar-refractivity contribution is -0.110. The molecule has 0 saturated carbocycles. The van der Waals surface area contributed by atoms with Crippen molar-refractivity contribution >= 4 is 6.41 Å². The van der Waals surface area contributed by atoms with Gasteiger partial charge in [-0.2, -0.15) is 0 Å². The summed E-state index contributed by atoms with van der Waals surface area (Å²) in [5.41, 5.74) is 0. The summed E-state index contributed by atoms with van der Waals surface area (Å²) in [6.07, 6.45) is 0.979. The number of hydrogen-bond acceptors (Lipinski definition) is 3. The molecule has 1 amide bonds. The lowest BCUT2D eigenvalue weighted by atomic mass is 10.2. The second kappa shape index (κ2) is 5.97. The highest BCUT2D eigenvalue weighted by Gasteiger charge is 2.14. The molecule has 0 aromatic heterocycles. The zero-order valence-corrected chi connectivity index (χ0v) is 7.95. The maximum absolute atomic E-state index is 9.93. The zero-order valence-electron chi connectivity index (χ0n) is 7.95. The molecule has 72 valence electrons. The first-order valence-electron chi connectivity index (χ1n) is 4.20. The van der Waals surface area contributed by atoms with Crippen LogP contribution in [0.15, 0.2) is 0 Å². The Balaban J connectivity index is 3.74. The van der Waals surface area contributed by atoms with Crippen molar-refractivity contribution in [2.75, 3.05) is 13.6 Å². The van der Waals surface area contributed by atoms with Gasteiger partial charge in [0.15, 0.2) is 0 Å². The molecule has 0 aliphatic carbocycles. The first-order valence-corrected chi connectivity index (χ1v) is 4.20. The zero-order chi connectivity index (χ0) is 9.56. The van der Waals surface area contributed by atoms with Gasteiger partial charge in [-0.3, -0.25) is 9.69 Å². The van der Waals surface area contributed by atoms with Crippen molar-refractivity contribution in [2.45, 2.75) is 32.5 Å². The third-order valence-electron chi connectivity index (χ3n) is 2.14. The number of carbonyl (C=O) groups excluding carboxylic acids is 1. The van der Waals surface area contributed by atoms with E-state index in [0.717, 1.165) is 6.42 Å². The summed E-state index contributed by atoms with van der Waals surface area (Å²) in [4.78, 5) is 11.8. The number of carbonyl (C=O) groups is 1. The fourth-order valence-corrected chi connectivity index (χ4v) is 0.879. The number of nitrogens with zero attached hydrogens (tertiary/aromatic N) is 1. The van der Waals surface area contributed by atoms with Crippen LogP contribution in [0.25, 0.3) is 0 Å². The predicted octanol–water partition coefficient (Wildman–Crippen LogP) is -0.219. The first kappa shape index (κ1) is 11.4. The lowest BCUT2D eigenvalue weighted by Gasteiger charge is -2.28. The molecule has 12 heavy (non-hydrogen) atoms. The third kappa shape index (κ3) is 3.69. The van der Waals surface area contributed by atoms with Crippen molar-refractivity contribution in [1.29, 1.82) is 0 Å². The Bertz CT molecular complexity index is 130. The Morgan fingerprint density at radius 2 is 2.25 bits per heavy atom. The molecule has 0 aliphatic rings. The number of likely N-dealkylation sites (N-methyl/N-ethyl adjacent to an activating group) is 1. The third-order valence-corrected chi connectivity index (χ3v) is 2.14. The second-order valence-corrected chi connectivity index (χ2v) is 2.93. The molecular formula is C8H18N2O2. The SMILES string of the molecule is CCC(C)N(C)C(O)CNC=O. The molecule has 2 N–H and O–H groups in total. The molecule has 2 unspecified atom stereocenters. The highest BCUT2D eigenvalue weighted by molar-refractivity contribution is 5.45. The van der Waals surface area contributed by atoms with E-state index in [4.69, 9.17) is 0 Å². The Morgan fingerprint density at radius 1 is 1.67 bits per heavy atom. The Labute approximate surface area is 73.6 Å². The van der Waals surface area contributed by atoms with Gasteiger partial charge < -0.3 is 10.4 Å². The molecule has 0 spiro atoms. The van der Waals surface area contributed by atoms with Gasteiger partial charge >= 0.3 is 0 Å². The molecule has 0 bridgehead atoms. The monoisotopic (exact) mass is 174 g/mol. The molecule has 4 heteroatoms. The average molecular weight is 174 g/mol. The largest absolute Gasteiger partial charge is 0.377 e. The summed E-state index contributed by atoms with van der Waals surface area (Å²) in [6.45, 7) is 4.37. The van der Waals surface area contributed by atoms with Crippen LogP contribution in [-0.4, -0.2) is 42.3 Å². The van der Waals surface area contributed by atoms with E-state index in [2.05, 4.69) is 12.2 Å². The van der Waals surface area contributed by atoms with Gasteiger partial charge in [0.1, 0.15) is 6.23 Å². The standard InChI is InChI=1S/C8H18N2O2/c1-4-7(2)10(3)8(12)5-9-6-11/h6-8,12H,4-5H2,1-3H3,(H,9,11). The van der Waals surface area contributed by atoms with E-state index in [1.54, 1.807) is 0 Å². The summed E-state index contributed by atoms with van der Waals surface area (Å²) in [5.74, 6) is 0. The van der Waals surface area contributed by atoms with Crippen molar-refractivity contribution < 1.29 is 9.90 Å². The van der Waals surface area contributed by atoms with Crippen LogP contribution in [0.3, 0.4) is 0 Å². The average Bonchev–Trinajstić information content (AvgIpc) is 2.11. The summed E-state index contributed by atoms with van der Waals surface area (Å²) in [7, 11) is 1.84. The molecule has 0 saturated heterocycles. The maximum atomic E-state index is 9.93. The van der Waals surface area contributed by atoms with Gasteiger partial charge in [0.25, 0.3) is 0 Å². The van der Waals surface area contributed by atoms with Crippen LogP contribution in [0.5, 0.6) is 0 Å². The normalized spacial score (nSPS) is 15.8. The number of aliphatic hydroxyl groups excluding tert-OH is 1. The number of nitrogens with one attached hydrogen (secondary N) is 1. The molecule has 4 nitrogen and oxygen atoms in total. The van der Waals surface area contributed by atoms with E-state index in [9.17, 15) is 9.90 Å². The van der Waals surface area contributed by atoms with Gasteiger partial charge in [0.05, 0.1) is 6.54 Å².